The molecule has 1 aromatic carbocycles. The maximum Gasteiger partial charge on any atom is 0.0741 e. The zero-order valence-electron chi connectivity index (χ0n) is 10.8. The van der Waals surface area contributed by atoms with Crippen LogP contribution in [0.5, 0.6) is 0 Å². The first-order valence-corrected chi connectivity index (χ1v) is 6.69. The van der Waals surface area contributed by atoms with Crippen molar-refractivity contribution in [1.29, 1.82) is 0 Å². The summed E-state index contributed by atoms with van der Waals surface area (Å²) in [5.74, 6) is 1.40. The second-order valence-electron chi connectivity index (χ2n) is 5.38. The van der Waals surface area contributed by atoms with Crippen molar-refractivity contribution in [3.8, 4) is 0 Å². The third kappa shape index (κ3) is 2.37. The number of nitrogens with two attached hydrogens (primary N) is 1. The van der Waals surface area contributed by atoms with Crippen LogP contribution >= 0.6 is 11.6 Å². The number of hydrogen-bond acceptors (Lipinski definition) is 2. The molecule has 1 aliphatic heterocycles. The third-order valence-corrected chi connectivity index (χ3v) is 4.27. The van der Waals surface area contributed by atoms with Crippen LogP contribution in [0.2, 0.25) is 5.02 Å². The van der Waals surface area contributed by atoms with E-state index in [4.69, 9.17) is 17.3 Å². The van der Waals surface area contributed by atoms with Gasteiger partial charge in [0.15, 0.2) is 0 Å². The molecular weight excluding hydrogens is 232 g/mol. The number of piperidine rings is 1. The van der Waals surface area contributed by atoms with Crippen molar-refractivity contribution in [2.24, 2.45) is 11.8 Å². The summed E-state index contributed by atoms with van der Waals surface area (Å²) in [5.41, 5.74) is 7.89. The van der Waals surface area contributed by atoms with Gasteiger partial charge in [-0.1, -0.05) is 31.5 Å². The zero-order chi connectivity index (χ0) is 12.6. The van der Waals surface area contributed by atoms with Crippen molar-refractivity contribution in [2.75, 3.05) is 17.2 Å². The monoisotopic (exact) mass is 252 g/mol. The average Bonchev–Trinajstić information content (AvgIpc) is 2.27. The van der Waals surface area contributed by atoms with E-state index in [-0.39, 0.29) is 0 Å². The van der Waals surface area contributed by atoms with Crippen molar-refractivity contribution in [1.82, 2.24) is 0 Å². The van der Waals surface area contributed by atoms with Gasteiger partial charge in [0.05, 0.1) is 16.4 Å². The number of rotatable bonds is 1. The van der Waals surface area contributed by atoms with Gasteiger partial charge in [-0.3, -0.25) is 0 Å². The highest BCUT2D eigenvalue weighted by Gasteiger charge is 2.29. The van der Waals surface area contributed by atoms with Gasteiger partial charge in [0.1, 0.15) is 0 Å². The van der Waals surface area contributed by atoms with Crippen molar-refractivity contribution in [2.45, 2.75) is 33.2 Å². The summed E-state index contributed by atoms with van der Waals surface area (Å²) in [6.07, 6.45) is 1.29. The van der Waals surface area contributed by atoms with Crippen LogP contribution in [0.3, 0.4) is 0 Å². The minimum atomic E-state index is 0.520. The van der Waals surface area contributed by atoms with Gasteiger partial charge in [-0.25, -0.2) is 0 Å². The molecule has 1 aromatic rings. The molecule has 0 spiro atoms. The van der Waals surface area contributed by atoms with Gasteiger partial charge in [-0.15, -0.1) is 0 Å². The van der Waals surface area contributed by atoms with E-state index in [1.54, 1.807) is 0 Å². The number of para-hydroxylation sites is 1. The Morgan fingerprint density at radius 3 is 2.71 bits per heavy atom. The van der Waals surface area contributed by atoms with E-state index in [2.05, 4.69) is 31.7 Å². The van der Waals surface area contributed by atoms with E-state index in [0.717, 1.165) is 12.2 Å². The van der Waals surface area contributed by atoms with E-state index in [1.165, 1.54) is 6.42 Å². The lowest BCUT2D eigenvalue weighted by atomic mass is 9.85. The summed E-state index contributed by atoms with van der Waals surface area (Å²) >= 11 is 6.10. The maximum absolute atomic E-state index is 6.10. The highest BCUT2D eigenvalue weighted by atomic mass is 35.5. The summed E-state index contributed by atoms with van der Waals surface area (Å²) in [6.45, 7) is 7.96. The second-order valence-corrected chi connectivity index (χ2v) is 5.79. The molecule has 2 N–H and O–H groups in total. The second kappa shape index (κ2) is 4.77. The minimum absolute atomic E-state index is 0.520. The van der Waals surface area contributed by atoms with Crippen LogP contribution in [0.4, 0.5) is 11.4 Å². The number of halogens is 1. The highest BCUT2D eigenvalue weighted by Crippen LogP contribution is 2.36. The van der Waals surface area contributed by atoms with E-state index in [9.17, 15) is 0 Å². The average molecular weight is 253 g/mol. The molecule has 0 amide bonds. The SMILES string of the molecule is CC1CC(C)C(C)N(c2cccc(Cl)c2N)C1. The molecule has 17 heavy (non-hydrogen) atoms. The van der Waals surface area contributed by atoms with Crippen LogP contribution in [0.15, 0.2) is 18.2 Å². The van der Waals surface area contributed by atoms with Crippen LogP contribution in [0.25, 0.3) is 0 Å². The quantitative estimate of drug-likeness (QED) is 0.771. The fourth-order valence-corrected chi connectivity index (χ4v) is 2.98. The normalized spacial score (nSPS) is 29.4. The number of nitrogens with zero attached hydrogens (tertiary/aromatic N) is 1. The molecule has 3 heteroatoms. The van der Waals surface area contributed by atoms with Crippen molar-refractivity contribution in [3.05, 3.63) is 23.2 Å². The zero-order valence-corrected chi connectivity index (χ0v) is 11.5. The Kier molecular flexibility index (Phi) is 3.53. The van der Waals surface area contributed by atoms with Crippen LogP contribution < -0.4 is 10.6 Å². The van der Waals surface area contributed by atoms with Gasteiger partial charge in [0.25, 0.3) is 0 Å². The number of anilines is 2. The van der Waals surface area contributed by atoms with Crippen LogP contribution in [-0.2, 0) is 0 Å². The molecule has 2 nitrogen and oxygen atoms in total. The molecule has 0 aromatic heterocycles. The van der Waals surface area contributed by atoms with Gasteiger partial charge in [-0.05, 0) is 37.3 Å². The van der Waals surface area contributed by atoms with Gasteiger partial charge in [0, 0.05) is 12.6 Å². The lowest BCUT2D eigenvalue weighted by Gasteiger charge is -2.43. The molecule has 0 bridgehead atoms. The molecule has 1 saturated heterocycles. The standard InChI is InChI=1S/C14H21ClN2/c1-9-7-10(2)11(3)17(8-9)13-6-4-5-12(15)14(13)16/h4-6,9-11H,7-8,16H2,1-3H3. The van der Waals surface area contributed by atoms with Gasteiger partial charge < -0.3 is 10.6 Å². The number of nitrogen functional groups attached to an aromatic ring is 1. The molecule has 0 aliphatic carbocycles. The Morgan fingerprint density at radius 2 is 2.00 bits per heavy atom. The molecule has 3 atom stereocenters. The Bertz CT molecular complexity index is 405. The molecule has 0 radical (unpaired) electrons. The predicted molar refractivity (Wildman–Crippen MR) is 75.6 cm³/mol. The summed E-state index contributed by atoms with van der Waals surface area (Å²) < 4.78 is 0. The summed E-state index contributed by atoms with van der Waals surface area (Å²) in [7, 11) is 0. The minimum Gasteiger partial charge on any atom is -0.396 e. The summed E-state index contributed by atoms with van der Waals surface area (Å²) in [6, 6.07) is 6.42. The summed E-state index contributed by atoms with van der Waals surface area (Å²) in [4.78, 5) is 2.40. The topological polar surface area (TPSA) is 29.3 Å². The van der Waals surface area contributed by atoms with E-state index >= 15 is 0 Å². The Balaban J connectivity index is 2.34. The lowest BCUT2D eigenvalue weighted by molar-refractivity contribution is 0.297. The number of benzene rings is 1. The third-order valence-electron chi connectivity index (χ3n) is 3.94. The molecule has 94 valence electrons. The molecule has 3 unspecified atom stereocenters. The smallest absolute Gasteiger partial charge is 0.0741 e. The Labute approximate surface area is 109 Å². The fourth-order valence-electron chi connectivity index (χ4n) is 2.81. The van der Waals surface area contributed by atoms with Gasteiger partial charge in [0.2, 0.25) is 0 Å². The Morgan fingerprint density at radius 1 is 1.29 bits per heavy atom. The fraction of sp³-hybridized carbons (Fsp3) is 0.571. The van der Waals surface area contributed by atoms with Crippen molar-refractivity contribution in [3.63, 3.8) is 0 Å². The molecule has 2 rings (SSSR count). The van der Waals surface area contributed by atoms with Crippen molar-refractivity contribution < 1.29 is 0 Å². The largest absolute Gasteiger partial charge is 0.396 e. The maximum atomic E-state index is 6.10. The van der Waals surface area contributed by atoms with E-state index < -0.39 is 0 Å². The Hall–Kier alpha value is -0.890. The molecule has 0 saturated carbocycles. The van der Waals surface area contributed by atoms with Crippen molar-refractivity contribution >= 4 is 23.0 Å². The van der Waals surface area contributed by atoms with E-state index in [1.807, 2.05) is 12.1 Å². The molecule has 1 fully saturated rings. The van der Waals surface area contributed by atoms with Crippen LogP contribution in [-0.4, -0.2) is 12.6 Å². The predicted octanol–water partition coefficient (Wildman–Crippen LogP) is 3.79. The van der Waals surface area contributed by atoms with Crippen LogP contribution in [0, 0.1) is 11.8 Å². The highest BCUT2D eigenvalue weighted by molar-refractivity contribution is 6.33. The molecule has 1 heterocycles. The molecular formula is C14H21ClN2. The van der Waals surface area contributed by atoms with Gasteiger partial charge >= 0.3 is 0 Å². The molecule has 1 aliphatic rings. The summed E-state index contributed by atoms with van der Waals surface area (Å²) in [5, 5.41) is 0.653. The van der Waals surface area contributed by atoms with Crippen LogP contribution in [0.1, 0.15) is 27.2 Å². The van der Waals surface area contributed by atoms with Gasteiger partial charge in [-0.2, -0.15) is 0 Å². The first-order valence-electron chi connectivity index (χ1n) is 6.31. The van der Waals surface area contributed by atoms with E-state index in [0.29, 0.717) is 28.6 Å². The number of hydrogen-bond donors (Lipinski definition) is 1. The first-order chi connectivity index (χ1) is 8.00. The first kappa shape index (κ1) is 12.6. The lowest BCUT2D eigenvalue weighted by Crippen LogP contribution is -2.46.